The summed E-state index contributed by atoms with van der Waals surface area (Å²) in [4.78, 5) is 4.23. The number of nitrogens with one attached hydrogen (secondary N) is 1. The number of benzene rings is 1. The highest BCUT2D eigenvalue weighted by molar-refractivity contribution is 7.97. The number of halogens is 1. The van der Waals surface area contributed by atoms with Gasteiger partial charge < -0.3 is 4.74 Å². The average Bonchev–Trinajstić information content (AvgIpc) is 2.75. The lowest BCUT2D eigenvalue weighted by Gasteiger charge is -2.02. The van der Waals surface area contributed by atoms with Crippen LogP contribution in [0.5, 0.6) is 5.75 Å². The molecule has 17 heavy (non-hydrogen) atoms. The fraction of sp³-hybridized carbons (Fsp3) is 0.273. The molecule has 0 saturated carbocycles. The SMILES string of the molecule is CSCc1n[nH]c(COc2cccc(F)c2)n1. The van der Waals surface area contributed by atoms with E-state index in [9.17, 15) is 4.39 Å². The van der Waals surface area contributed by atoms with Gasteiger partial charge in [-0.2, -0.15) is 16.9 Å². The molecule has 0 saturated heterocycles. The van der Waals surface area contributed by atoms with E-state index in [0.29, 0.717) is 11.6 Å². The monoisotopic (exact) mass is 253 g/mol. The molecule has 1 heterocycles. The van der Waals surface area contributed by atoms with Gasteiger partial charge in [-0.1, -0.05) is 6.07 Å². The van der Waals surface area contributed by atoms with E-state index in [4.69, 9.17) is 4.74 Å². The van der Waals surface area contributed by atoms with Gasteiger partial charge in [-0.3, -0.25) is 5.10 Å². The van der Waals surface area contributed by atoms with Crippen LogP contribution in [0.2, 0.25) is 0 Å². The minimum absolute atomic E-state index is 0.255. The van der Waals surface area contributed by atoms with E-state index in [1.165, 1.54) is 12.1 Å². The average molecular weight is 253 g/mol. The highest BCUT2D eigenvalue weighted by Crippen LogP contribution is 2.13. The van der Waals surface area contributed by atoms with Crippen LogP contribution in [0.4, 0.5) is 4.39 Å². The molecule has 1 N–H and O–H groups in total. The predicted octanol–water partition coefficient (Wildman–Crippen LogP) is 2.39. The zero-order valence-corrected chi connectivity index (χ0v) is 10.1. The van der Waals surface area contributed by atoms with Gasteiger partial charge in [0.15, 0.2) is 11.6 Å². The first kappa shape index (κ1) is 11.9. The van der Waals surface area contributed by atoms with Crippen molar-refractivity contribution in [2.45, 2.75) is 12.4 Å². The zero-order chi connectivity index (χ0) is 12.1. The van der Waals surface area contributed by atoms with Gasteiger partial charge in [0.05, 0.1) is 5.75 Å². The van der Waals surface area contributed by atoms with Crippen LogP contribution in [0.3, 0.4) is 0 Å². The van der Waals surface area contributed by atoms with E-state index in [-0.39, 0.29) is 12.4 Å². The van der Waals surface area contributed by atoms with Crippen LogP contribution in [-0.4, -0.2) is 21.4 Å². The molecule has 0 radical (unpaired) electrons. The summed E-state index contributed by atoms with van der Waals surface area (Å²) >= 11 is 1.65. The van der Waals surface area contributed by atoms with Gasteiger partial charge in [-0.15, -0.1) is 0 Å². The van der Waals surface area contributed by atoms with Gasteiger partial charge in [-0.05, 0) is 18.4 Å². The zero-order valence-electron chi connectivity index (χ0n) is 9.31. The highest BCUT2D eigenvalue weighted by atomic mass is 32.2. The third-order valence-electron chi connectivity index (χ3n) is 2.02. The van der Waals surface area contributed by atoms with Gasteiger partial charge in [-0.25, -0.2) is 9.37 Å². The maximum Gasteiger partial charge on any atom is 0.162 e. The van der Waals surface area contributed by atoms with Crippen LogP contribution in [-0.2, 0) is 12.4 Å². The highest BCUT2D eigenvalue weighted by Gasteiger charge is 2.03. The number of hydrogen-bond acceptors (Lipinski definition) is 4. The van der Waals surface area contributed by atoms with Crippen LogP contribution in [0, 0.1) is 5.82 Å². The molecule has 0 aliphatic rings. The molecule has 0 aliphatic heterocycles. The first-order chi connectivity index (χ1) is 8.28. The molecule has 0 spiro atoms. The maximum absolute atomic E-state index is 12.9. The Bertz CT molecular complexity index is 489. The summed E-state index contributed by atoms with van der Waals surface area (Å²) in [5.74, 6) is 2.31. The number of thioether (sulfide) groups is 1. The van der Waals surface area contributed by atoms with E-state index in [2.05, 4.69) is 15.2 Å². The van der Waals surface area contributed by atoms with Crippen molar-refractivity contribution in [3.8, 4) is 5.75 Å². The lowest BCUT2D eigenvalue weighted by molar-refractivity contribution is 0.295. The van der Waals surface area contributed by atoms with E-state index in [0.717, 1.165) is 11.6 Å². The van der Waals surface area contributed by atoms with E-state index in [1.807, 2.05) is 6.26 Å². The second kappa shape index (κ2) is 5.67. The summed E-state index contributed by atoms with van der Waals surface area (Å²) in [5.41, 5.74) is 0. The number of aromatic nitrogens is 3. The maximum atomic E-state index is 12.9. The third-order valence-corrected chi connectivity index (χ3v) is 2.57. The minimum Gasteiger partial charge on any atom is -0.486 e. The van der Waals surface area contributed by atoms with Gasteiger partial charge in [0, 0.05) is 6.07 Å². The Balaban J connectivity index is 1.93. The number of nitrogens with zero attached hydrogens (tertiary/aromatic N) is 2. The summed E-state index contributed by atoms with van der Waals surface area (Å²) in [5, 5.41) is 6.81. The van der Waals surface area contributed by atoms with Crippen molar-refractivity contribution in [3.05, 3.63) is 41.7 Å². The summed E-state index contributed by atoms with van der Waals surface area (Å²) < 4.78 is 18.3. The van der Waals surface area contributed by atoms with Gasteiger partial charge >= 0.3 is 0 Å². The van der Waals surface area contributed by atoms with Crippen LogP contribution >= 0.6 is 11.8 Å². The standard InChI is InChI=1S/C11H12FN3OS/c1-17-7-11-13-10(14-15-11)6-16-9-4-2-3-8(12)5-9/h2-5H,6-7H2,1H3,(H,13,14,15). The molecule has 90 valence electrons. The molecule has 0 bridgehead atoms. The predicted molar refractivity (Wildman–Crippen MR) is 64.3 cm³/mol. The smallest absolute Gasteiger partial charge is 0.162 e. The molecular formula is C11H12FN3OS. The molecule has 2 aromatic rings. The Morgan fingerprint density at radius 2 is 2.35 bits per heavy atom. The summed E-state index contributed by atoms with van der Waals surface area (Å²) in [7, 11) is 0. The number of hydrogen-bond donors (Lipinski definition) is 1. The van der Waals surface area contributed by atoms with E-state index < -0.39 is 0 Å². The largest absolute Gasteiger partial charge is 0.486 e. The topological polar surface area (TPSA) is 50.8 Å². The summed E-state index contributed by atoms with van der Waals surface area (Å²) in [6.07, 6.45) is 1.99. The van der Waals surface area contributed by atoms with Crippen LogP contribution in [0.1, 0.15) is 11.6 Å². The van der Waals surface area contributed by atoms with Crippen molar-refractivity contribution in [1.29, 1.82) is 0 Å². The molecular weight excluding hydrogens is 241 g/mol. The van der Waals surface area contributed by atoms with Crippen LogP contribution in [0.25, 0.3) is 0 Å². The quantitative estimate of drug-likeness (QED) is 0.889. The van der Waals surface area contributed by atoms with Gasteiger partial charge in [0.2, 0.25) is 0 Å². The van der Waals surface area contributed by atoms with Gasteiger partial charge in [0.25, 0.3) is 0 Å². The Morgan fingerprint density at radius 1 is 1.47 bits per heavy atom. The van der Waals surface area contributed by atoms with E-state index in [1.54, 1.807) is 23.9 Å². The molecule has 0 amide bonds. The summed E-state index contributed by atoms with van der Waals surface area (Å²) in [6, 6.07) is 6.00. The lowest BCUT2D eigenvalue weighted by Crippen LogP contribution is -1.98. The van der Waals surface area contributed by atoms with Crippen LogP contribution in [0.15, 0.2) is 24.3 Å². The third kappa shape index (κ3) is 3.45. The number of aromatic amines is 1. The van der Waals surface area contributed by atoms with Crippen molar-refractivity contribution in [2.75, 3.05) is 6.26 Å². The van der Waals surface area contributed by atoms with Crippen molar-refractivity contribution in [1.82, 2.24) is 15.2 Å². The first-order valence-electron chi connectivity index (χ1n) is 5.05. The minimum atomic E-state index is -0.317. The number of H-pyrrole nitrogens is 1. The molecule has 1 aromatic carbocycles. The fourth-order valence-electron chi connectivity index (χ4n) is 1.30. The molecule has 1 aromatic heterocycles. The molecule has 2 rings (SSSR count). The molecule has 6 heteroatoms. The van der Waals surface area contributed by atoms with Crippen molar-refractivity contribution < 1.29 is 9.13 Å². The number of rotatable bonds is 5. The van der Waals surface area contributed by atoms with Crippen molar-refractivity contribution >= 4 is 11.8 Å². The lowest BCUT2D eigenvalue weighted by atomic mass is 10.3. The normalized spacial score (nSPS) is 10.5. The molecule has 4 nitrogen and oxygen atoms in total. The Labute approximate surface area is 103 Å². The van der Waals surface area contributed by atoms with Crippen molar-refractivity contribution in [3.63, 3.8) is 0 Å². The number of ether oxygens (including phenoxy) is 1. The fourth-order valence-corrected chi connectivity index (χ4v) is 1.69. The van der Waals surface area contributed by atoms with Crippen LogP contribution < -0.4 is 4.74 Å². The second-order valence-corrected chi connectivity index (χ2v) is 4.24. The molecule has 0 fully saturated rings. The molecule has 0 unspecified atom stereocenters. The summed E-state index contributed by atoms with van der Waals surface area (Å²) in [6.45, 7) is 0.255. The van der Waals surface area contributed by atoms with Crippen molar-refractivity contribution in [2.24, 2.45) is 0 Å². The molecule has 0 aliphatic carbocycles. The van der Waals surface area contributed by atoms with Gasteiger partial charge in [0.1, 0.15) is 18.2 Å². The second-order valence-electron chi connectivity index (χ2n) is 3.38. The van der Waals surface area contributed by atoms with E-state index >= 15 is 0 Å². The Hall–Kier alpha value is -1.56. The Kier molecular flexibility index (Phi) is 3.98. The first-order valence-corrected chi connectivity index (χ1v) is 6.45. The Morgan fingerprint density at radius 3 is 3.12 bits per heavy atom. The molecule has 0 atom stereocenters.